The lowest BCUT2D eigenvalue weighted by Crippen LogP contribution is -2.29. The standard InChI is InChI=1S/C47H84NO8P/c1-3-5-7-9-10-11-12-13-14-15-16-17-18-19-20-21-22-23-24-25-26-27-28-29-30-31-32-33-34-36-38-40-47(50)56-45(44-55-57(51,52)54-42-41-48)43-53-46(49)39-37-35-8-6-4-2/h5,7,10-11,13-14,16-17,19-20,45H,3-4,6,8-9,12,15,18,21-44,48H2,1-2H3,(H,51,52)/b7-5-,11-10-,14-13-,17-16-,20-19-. The van der Waals surface area contributed by atoms with Crippen LogP contribution in [0.5, 0.6) is 0 Å². The van der Waals surface area contributed by atoms with Gasteiger partial charge in [-0.1, -0.05) is 184 Å². The summed E-state index contributed by atoms with van der Waals surface area (Å²) in [5.41, 5.74) is 5.32. The minimum Gasteiger partial charge on any atom is -0.462 e. The van der Waals surface area contributed by atoms with Crippen molar-refractivity contribution in [2.24, 2.45) is 5.73 Å². The van der Waals surface area contributed by atoms with Gasteiger partial charge in [-0.25, -0.2) is 4.57 Å². The molecular weight excluding hydrogens is 737 g/mol. The second kappa shape index (κ2) is 43.3. The molecule has 0 aromatic heterocycles. The number of unbranched alkanes of at least 4 members (excludes halogenated alkanes) is 19. The third-order valence-corrected chi connectivity index (χ3v) is 10.4. The molecule has 2 atom stereocenters. The summed E-state index contributed by atoms with van der Waals surface area (Å²) in [5, 5.41) is 0. The molecule has 330 valence electrons. The van der Waals surface area contributed by atoms with Crippen LogP contribution in [0.25, 0.3) is 0 Å². The molecule has 0 heterocycles. The third kappa shape index (κ3) is 43.1. The molecule has 0 aliphatic rings. The van der Waals surface area contributed by atoms with Crippen LogP contribution in [-0.2, 0) is 32.7 Å². The van der Waals surface area contributed by atoms with E-state index in [1.807, 2.05) is 0 Å². The summed E-state index contributed by atoms with van der Waals surface area (Å²) < 4.78 is 32.5. The average molecular weight is 822 g/mol. The Bertz CT molecular complexity index is 1120. The molecule has 57 heavy (non-hydrogen) atoms. The first kappa shape index (κ1) is 54.7. The summed E-state index contributed by atoms with van der Waals surface area (Å²) in [6.45, 7) is 3.52. The van der Waals surface area contributed by atoms with Crippen LogP contribution >= 0.6 is 7.82 Å². The van der Waals surface area contributed by atoms with Crippen molar-refractivity contribution in [1.29, 1.82) is 0 Å². The Morgan fingerprint density at radius 2 is 0.965 bits per heavy atom. The van der Waals surface area contributed by atoms with Crippen LogP contribution in [0.15, 0.2) is 60.8 Å². The second-order valence-corrected chi connectivity index (χ2v) is 16.3. The maximum Gasteiger partial charge on any atom is 0.472 e. The van der Waals surface area contributed by atoms with Gasteiger partial charge in [-0.05, 0) is 57.8 Å². The van der Waals surface area contributed by atoms with Gasteiger partial charge in [-0.15, -0.1) is 0 Å². The molecule has 0 aliphatic carbocycles. The van der Waals surface area contributed by atoms with E-state index in [-0.39, 0.29) is 32.6 Å². The molecule has 0 fully saturated rings. The van der Waals surface area contributed by atoms with Crippen LogP contribution < -0.4 is 5.73 Å². The molecule has 0 saturated heterocycles. The van der Waals surface area contributed by atoms with Crippen molar-refractivity contribution in [3.05, 3.63) is 60.8 Å². The van der Waals surface area contributed by atoms with Crippen molar-refractivity contribution >= 4 is 19.8 Å². The van der Waals surface area contributed by atoms with Gasteiger partial charge in [0.25, 0.3) is 0 Å². The number of carbonyl (C=O) groups is 2. The second-order valence-electron chi connectivity index (χ2n) is 14.9. The fourth-order valence-corrected chi connectivity index (χ4v) is 6.84. The van der Waals surface area contributed by atoms with Gasteiger partial charge in [-0.2, -0.15) is 0 Å². The van der Waals surface area contributed by atoms with E-state index in [0.29, 0.717) is 6.42 Å². The summed E-state index contributed by atoms with van der Waals surface area (Å²) in [6.07, 6.45) is 51.8. The van der Waals surface area contributed by atoms with Gasteiger partial charge in [0.15, 0.2) is 6.10 Å². The molecule has 0 rings (SSSR count). The fourth-order valence-electron chi connectivity index (χ4n) is 6.07. The molecule has 0 aromatic carbocycles. The zero-order valence-electron chi connectivity index (χ0n) is 36.3. The number of carbonyl (C=O) groups excluding carboxylic acids is 2. The lowest BCUT2D eigenvalue weighted by molar-refractivity contribution is -0.161. The number of hydrogen-bond donors (Lipinski definition) is 2. The number of nitrogens with two attached hydrogens (primary N) is 1. The van der Waals surface area contributed by atoms with Crippen molar-refractivity contribution < 1.29 is 37.6 Å². The predicted molar refractivity (Wildman–Crippen MR) is 238 cm³/mol. The molecule has 0 bridgehead atoms. The Morgan fingerprint density at radius 1 is 0.544 bits per heavy atom. The Kier molecular flexibility index (Phi) is 41.6. The minimum atomic E-state index is -4.36. The fraction of sp³-hybridized carbons (Fsp3) is 0.745. The van der Waals surface area contributed by atoms with E-state index in [0.717, 1.165) is 83.5 Å². The Hall–Kier alpha value is -2.29. The number of ether oxygens (including phenoxy) is 2. The van der Waals surface area contributed by atoms with Crippen LogP contribution in [0.3, 0.4) is 0 Å². The largest absolute Gasteiger partial charge is 0.472 e. The van der Waals surface area contributed by atoms with Gasteiger partial charge in [0.2, 0.25) is 0 Å². The summed E-state index contributed by atoms with van der Waals surface area (Å²) >= 11 is 0. The highest BCUT2D eigenvalue weighted by Gasteiger charge is 2.26. The highest BCUT2D eigenvalue weighted by Crippen LogP contribution is 2.43. The smallest absolute Gasteiger partial charge is 0.462 e. The van der Waals surface area contributed by atoms with E-state index in [1.54, 1.807) is 0 Å². The van der Waals surface area contributed by atoms with E-state index in [2.05, 4.69) is 74.6 Å². The van der Waals surface area contributed by atoms with Gasteiger partial charge in [-0.3, -0.25) is 18.6 Å². The van der Waals surface area contributed by atoms with Crippen LogP contribution in [0.4, 0.5) is 0 Å². The monoisotopic (exact) mass is 822 g/mol. The van der Waals surface area contributed by atoms with E-state index in [4.69, 9.17) is 24.3 Å². The maximum absolute atomic E-state index is 12.5. The maximum atomic E-state index is 12.5. The van der Waals surface area contributed by atoms with E-state index < -0.39 is 32.5 Å². The Balaban J connectivity index is 3.82. The molecular formula is C47H84NO8P. The van der Waals surface area contributed by atoms with Crippen molar-refractivity contribution in [3.8, 4) is 0 Å². The van der Waals surface area contributed by atoms with Crippen LogP contribution in [0.2, 0.25) is 0 Å². The first-order valence-corrected chi connectivity index (χ1v) is 24.3. The van der Waals surface area contributed by atoms with Gasteiger partial charge in [0.1, 0.15) is 6.61 Å². The van der Waals surface area contributed by atoms with Crippen molar-refractivity contribution in [1.82, 2.24) is 0 Å². The van der Waals surface area contributed by atoms with Gasteiger partial charge in [0.05, 0.1) is 13.2 Å². The Labute approximate surface area is 349 Å². The molecule has 0 saturated carbocycles. The zero-order chi connectivity index (χ0) is 41.8. The first-order valence-electron chi connectivity index (χ1n) is 22.8. The molecule has 9 nitrogen and oxygen atoms in total. The molecule has 3 N–H and O–H groups in total. The van der Waals surface area contributed by atoms with Crippen molar-refractivity contribution in [3.63, 3.8) is 0 Å². The molecule has 0 spiro atoms. The number of rotatable bonds is 42. The molecule has 0 aromatic rings. The number of phosphoric acid groups is 1. The quantitative estimate of drug-likeness (QED) is 0.0267. The van der Waals surface area contributed by atoms with Crippen LogP contribution in [-0.4, -0.2) is 49.3 Å². The lowest BCUT2D eigenvalue weighted by atomic mass is 10.0. The van der Waals surface area contributed by atoms with Crippen LogP contribution in [0.1, 0.15) is 194 Å². The SMILES string of the molecule is CC/C=C\C/C=C\C/C=C\C/C=C\C/C=C\CCCCCCCCCCCCCCCCCC(=O)OC(COC(=O)CCCCCCC)COP(=O)(O)OCCN. The van der Waals surface area contributed by atoms with E-state index in [1.165, 1.54) is 77.0 Å². The number of phosphoric ester groups is 1. The summed E-state index contributed by atoms with van der Waals surface area (Å²) in [4.78, 5) is 34.5. The number of allylic oxidation sites excluding steroid dienone is 10. The summed E-state index contributed by atoms with van der Waals surface area (Å²) in [7, 11) is -4.36. The first-order chi connectivity index (χ1) is 27.8. The highest BCUT2D eigenvalue weighted by atomic mass is 31.2. The summed E-state index contributed by atoms with van der Waals surface area (Å²) in [6, 6.07) is 0. The third-order valence-electron chi connectivity index (χ3n) is 9.42. The zero-order valence-corrected chi connectivity index (χ0v) is 37.2. The minimum absolute atomic E-state index is 0.0528. The number of hydrogen-bond acceptors (Lipinski definition) is 8. The Morgan fingerprint density at radius 3 is 1.44 bits per heavy atom. The molecule has 2 unspecified atom stereocenters. The molecule has 10 heteroatoms. The van der Waals surface area contributed by atoms with Crippen LogP contribution in [0, 0.1) is 0 Å². The topological polar surface area (TPSA) is 134 Å². The van der Waals surface area contributed by atoms with Gasteiger partial charge in [0, 0.05) is 19.4 Å². The molecule has 0 radical (unpaired) electrons. The summed E-state index contributed by atoms with van der Waals surface area (Å²) in [5.74, 6) is -0.842. The number of esters is 2. The van der Waals surface area contributed by atoms with E-state index in [9.17, 15) is 19.0 Å². The lowest BCUT2D eigenvalue weighted by Gasteiger charge is -2.19. The average Bonchev–Trinajstić information content (AvgIpc) is 3.20. The molecule has 0 aliphatic heterocycles. The molecule has 0 amide bonds. The van der Waals surface area contributed by atoms with Crippen molar-refractivity contribution in [2.45, 2.75) is 200 Å². The highest BCUT2D eigenvalue weighted by molar-refractivity contribution is 7.47. The van der Waals surface area contributed by atoms with Gasteiger partial charge < -0.3 is 20.1 Å². The van der Waals surface area contributed by atoms with E-state index >= 15 is 0 Å². The van der Waals surface area contributed by atoms with Crippen molar-refractivity contribution in [2.75, 3.05) is 26.4 Å². The predicted octanol–water partition coefficient (Wildman–Crippen LogP) is 13.3. The normalized spacial score (nSPS) is 13.8. The van der Waals surface area contributed by atoms with Gasteiger partial charge >= 0.3 is 19.8 Å².